The van der Waals surface area contributed by atoms with Crippen LogP contribution in [0.15, 0.2) is 47.5 Å². The van der Waals surface area contributed by atoms with Crippen LogP contribution in [-0.2, 0) is 0 Å². The van der Waals surface area contributed by atoms with Gasteiger partial charge in [-0.25, -0.2) is 0 Å². The fourth-order valence-electron chi connectivity index (χ4n) is 2.44. The molecule has 1 saturated heterocycles. The maximum atomic E-state index is 4.67. The van der Waals surface area contributed by atoms with E-state index >= 15 is 0 Å². The van der Waals surface area contributed by atoms with E-state index in [-0.39, 0.29) is 0 Å². The Labute approximate surface area is 108 Å². The van der Waals surface area contributed by atoms with Gasteiger partial charge in [-0.05, 0) is 41.8 Å². The quantitative estimate of drug-likeness (QED) is 0.799. The average molecular weight is 238 g/mol. The number of nitrogens with one attached hydrogen (secondary N) is 1. The highest BCUT2D eigenvalue weighted by molar-refractivity contribution is 5.90. The van der Waals surface area contributed by atoms with E-state index in [1.807, 2.05) is 6.21 Å². The summed E-state index contributed by atoms with van der Waals surface area (Å²) in [5.74, 6) is 0. The molecule has 1 atom stereocenters. The third kappa shape index (κ3) is 2.59. The number of aliphatic imine (C=N–C) groups is 1. The molecule has 2 nitrogen and oxygen atoms in total. The molecule has 1 fully saturated rings. The molecule has 2 heteroatoms. The second kappa shape index (κ2) is 5.32. The molecule has 2 aromatic carbocycles. The first kappa shape index (κ1) is 11.4. The van der Waals surface area contributed by atoms with Gasteiger partial charge < -0.3 is 5.32 Å². The van der Waals surface area contributed by atoms with E-state index < -0.39 is 0 Å². The van der Waals surface area contributed by atoms with Gasteiger partial charge >= 0.3 is 0 Å². The van der Waals surface area contributed by atoms with Crippen molar-refractivity contribution in [3.63, 3.8) is 0 Å². The zero-order valence-corrected chi connectivity index (χ0v) is 10.5. The van der Waals surface area contributed by atoms with Crippen LogP contribution >= 0.6 is 0 Å². The summed E-state index contributed by atoms with van der Waals surface area (Å²) in [6.07, 6.45) is 4.46. The van der Waals surface area contributed by atoms with Gasteiger partial charge in [-0.3, -0.25) is 4.99 Å². The SMILES string of the molecule is C(=NC1CCCNC1)c1ccc2ccccc2c1. The van der Waals surface area contributed by atoms with Crippen molar-refractivity contribution in [1.82, 2.24) is 5.32 Å². The van der Waals surface area contributed by atoms with Crippen LogP contribution in [0.3, 0.4) is 0 Å². The van der Waals surface area contributed by atoms with Crippen LogP contribution in [0.25, 0.3) is 10.8 Å². The van der Waals surface area contributed by atoms with E-state index in [0.29, 0.717) is 6.04 Å². The predicted molar refractivity (Wildman–Crippen MR) is 77.4 cm³/mol. The van der Waals surface area contributed by atoms with Crippen molar-refractivity contribution in [1.29, 1.82) is 0 Å². The molecule has 0 bridgehead atoms. The molecule has 18 heavy (non-hydrogen) atoms. The highest BCUT2D eigenvalue weighted by atomic mass is 14.9. The number of hydrogen-bond acceptors (Lipinski definition) is 2. The molecule has 2 aromatic rings. The zero-order chi connectivity index (χ0) is 12.2. The topological polar surface area (TPSA) is 24.4 Å². The Kier molecular flexibility index (Phi) is 3.37. The Morgan fingerprint density at radius 1 is 1.11 bits per heavy atom. The summed E-state index contributed by atoms with van der Waals surface area (Å²) in [5, 5.41) is 5.95. The van der Waals surface area contributed by atoms with Crippen molar-refractivity contribution in [2.45, 2.75) is 18.9 Å². The van der Waals surface area contributed by atoms with Gasteiger partial charge in [0.2, 0.25) is 0 Å². The summed E-state index contributed by atoms with van der Waals surface area (Å²) in [5.41, 5.74) is 1.19. The van der Waals surface area contributed by atoms with E-state index in [9.17, 15) is 0 Å². The van der Waals surface area contributed by atoms with Gasteiger partial charge in [-0.1, -0.05) is 36.4 Å². The molecule has 0 aromatic heterocycles. The second-order valence-electron chi connectivity index (χ2n) is 4.88. The van der Waals surface area contributed by atoms with E-state index in [4.69, 9.17) is 0 Å². The van der Waals surface area contributed by atoms with Gasteiger partial charge in [-0.2, -0.15) is 0 Å². The predicted octanol–water partition coefficient (Wildman–Crippen LogP) is 3.01. The van der Waals surface area contributed by atoms with E-state index in [1.54, 1.807) is 0 Å². The molecule has 0 spiro atoms. The number of piperidine rings is 1. The second-order valence-corrected chi connectivity index (χ2v) is 4.88. The van der Waals surface area contributed by atoms with Crippen molar-refractivity contribution in [2.24, 2.45) is 4.99 Å². The van der Waals surface area contributed by atoms with Crippen LogP contribution in [0.4, 0.5) is 0 Å². The summed E-state index contributed by atoms with van der Waals surface area (Å²) in [7, 11) is 0. The monoisotopic (exact) mass is 238 g/mol. The van der Waals surface area contributed by atoms with Gasteiger partial charge in [-0.15, -0.1) is 0 Å². The largest absolute Gasteiger partial charge is 0.315 e. The molecule has 1 N–H and O–H groups in total. The lowest BCUT2D eigenvalue weighted by Crippen LogP contribution is -2.32. The van der Waals surface area contributed by atoms with Crippen LogP contribution in [0.2, 0.25) is 0 Å². The molecule has 1 aliphatic heterocycles. The van der Waals surface area contributed by atoms with Crippen molar-refractivity contribution in [2.75, 3.05) is 13.1 Å². The fourth-order valence-corrected chi connectivity index (χ4v) is 2.44. The lowest BCUT2D eigenvalue weighted by molar-refractivity contribution is 0.462. The number of benzene rings is 2. The zero-order valence-electron chi connectivity index (χ0n) is 10.5. The van der Waals surface area contributed by atoms with Crippen LogP contribution in [-0.4, -0.2) is 25.3 Å². The maximum absolute atomic E-state index is 4.67. The lowest BCUT2D eigenvalue weighted by atomic mass is 10.1. The summed E-state index contributed by atoms with van der Waals surface area (Å²) in [6.45, 7) is 2.16. The Morgan fingerprint density at radius 3 is 2.83 bits per heavy atom. The molecule has 1 unspecified atom stereocenters. The van der Waals surface area contributed by atoms with Crippen molar-refractivity contribution in [3.05, 3.63) is 48.0 Å². The summed E-state index contributed by atoms with van der Waals surface area (Å²) >= 11 is 0. The van der Waals surface area contributed by atoms with Gasteiger partial charge in [0.15, 0.2) is 0 Å². The molecule has 0 radical (unpaired) electrons. The molecule has 1 aliphatic rings. The minimum atomic E-state index is 0.449. The van der Waals surface area contributed by atoms with Crippen LogP contribution in [0.5, 0.6) is 0 Å². The molecule has 0 amide bonds. The molecule has 1 heterocycles. The maximum Gasteiger partial charge on any atom is 0.0624 e. The average Bonchev–Trinajstić information content (AvgIpc) is 2.46. The first-order valence-electron chi connectivity index (χ1n) is 6.64. The van der Waals surface area contributed by atoms with Crippen molar-refractivity contribution >= 4 is 17.0 Å². The highest BCUT2D eigenvalue weighted by Gasteiger charge is 2.09. The number of rotatable bonds is 2. The summed E-state index contributed by atoms with van der Waals surface area (Å²) < 4.78 is 0. The molecule has 92 valence electrons. The number of fused-ring (bicyclic) bond motifs is 1. The number of nitrogens with zero attached hydrogens (tertiary/aromatic N) is 1. The Hall–Kier alpha value is -1.67. The van der Waals surface area contributed by atoms with E-state index in [1.165, 1.54) is 29.2 Å². The molecular weight excluding hydrogens is 220 g/mol. The van der Waals surface area contributed by atoms with E-state index in [2.05, 4.69) is 52.8 Å². The first-order valence-corrected chi connectivity index (χ1v) is 6.64. The molecule has 0 saturated carbocycles. The minimum Gasteiger partial charge on any atom is -0.315 e. The van der Waals surface area contributed by atoms with Crippen LogP contribution in [0, 0.1) is 0 Å². The van der Waals surface area contributed by atoms with Gasteiger partial charge in [0, 0.05) is 12.8 Å². The Morgan fingerprint density at radius 2 is 2.00 bits per heavy atom. The molecular formula is C16H18N2. The third-order valence-electron chi connectivity index (χ3n) is 3.48. The standard InChI is InChI=1S/C16H18N2/c1-2-5-15-10-13(7-8-14(15)4-1)11-18-16-6-3-9-17-12-16/h1-2,4-5,7-8,10-11,16-17H,3,6,9,12H2. The van der Waals surface area contributed by atoms with Crippen molar-refractivity contribution < 1.29 is 0 Å². The van der Waals surface area contributed by atoms with Gasteiger partial charge in [0.1, 0.15) is 0 Å². The third-order valence-corrected chi connectivity index (χ3v) is 3.48. The fraction of sp³-hybridized carbons (Fsp3) is 0.312. The smallest absolute Gasteiger partial charge is 0.0624 e. The Bertz CT molecular complexity index is 554. The normalized spacial score (nSPS) is 20.6. The Balaban J connectivity index is 1.79. The minimum absolute atomic E-state index is 0.449. The van der Waals surface area contributed by atoms with Crippen LogP contribution in [0.1, 0.15) is 18.4 Å². The first-order chi connectivity index (χ1) is 8.92. The van der Waals surface area contributed by atoms with Gasteiger partial charge in [0.25, 0.3) is 0 Å². The van der Waals surface area contributed by atoms with Crippen molar-refractivity contribution in [3.8, 4) is 0 Å². The molecule has 0 aliphatic carbocycles. The van der Waals surface area contributed by atoms with E-state index in [0.717, 1.165) is 13.1 Å². The van der Waals surface area contributed by atoms with Crippen LogP contribution < -0.4 is 5.32 Å². The van der Waals surface area contributed by atoms with Gasteiger partial charge in [0.05, 0.1) is 6.04 Å². The highest BCUT2D eigenvalue weighted by Crippen LogP contribution is 2.15. The number of hydrogen-bond donors (Lipinski definition) is 1. The molecule has 3 rings (SSSR count). The lowest BCUT2D eigenvalue weighted by Gasteiger charge is -2.18. The summed E-state index contributed by atoms with van der Waals surface area (Å²) in [6, 6.07) is 15.4. The summed E-state index contributed by atoms with van der Waals surface area (Å²) in [4.78, 5) is 4.67.